The summed E-state index contributed by atoms with van der Waals surface area (Å²) in [6.07, 6.45) is 0.999. The van der Waals surface area contributed by atoms with Crippen molar-refractivity contribution < 1.29 is 0 Å². The third-order valence-electron chi connectivity index (χ3n) is 3.41. The number of fused-ring (bicyclic) bond motifs is 1. The average molecular weight is 251 g/mol. The minimum Gasteiger partial charge on any atom is -0.184 e. The molecule has 3 heteroatoms. The SMILES string of the molecule is CCc1ccc2nn(CC)nc2c1-c1ccccc1. The van der Waals surface area contributed by atoms with Gasteiger partial charge in [0.05, 0.1) is 6.54 Å². The normalized spacial score (nSPS) is 11.1. The fourth-order valence-corrected chi connectivity index (χ4v) is 2.43. The Morgan fingerprint density at radius 3 is 2.42 bits per heavy atom. The number of rotatable bonds is 3. The quantitative estimate of drug-likeness (QED) is 0.711. The van der Waals surface area contributed by atoms with Crippen LogP contribution < -0.4 is 0 Å². The Labute approximate surface area is 112 Å². The summed E-state index contributed by atoms with van der Waals surface area (Å²) in [4.78, 5) is 1.76. The van der Waals surface area contributed by atoms with Gasteiger partial charge in [0.2, 0.25) is 0 Å². The number of aromatic nitrogens is 3. The maximum absolute atomic E-state index is 4.62. The van der Waals surface area contributed by atoms with Gasteiger partial charge in [0, 0.05) is 5.56 Å². The van der Waals surface area contributed by atoms with Gasteiger partial charge in [-0.15, -0.1) is 0 Å². The molecule has 3 rings (SSSR count). The summed E-state index contributed by atoms with van der Waals surface area (Å²) < 4.78 is 0. The molecule has 0 bridgehead atoms. The van der Waals surface area contributed by atoms with Gasteiger partial charge in [-0.3, -0.25) is 0 Å². The summed E-state index contributed by atoms with van der Waals surface area (Å²) in [5.74, 6) is 0. The molecule has 0 N–H and O–H groups in total. The summed E-state index contributed by atoms with van der Waals surface area (Å²) in [7, 11) is 0. The number of hydrogen-bond acceptors (Lipinski definition) is 2. The molecule has 3 aromatic rings. The molecule has 96 valence electrons. The Hall–Kier alpha value is -2.16. The Kier molecular flexibility index (Phi) is 3.03. The average Bonchev–Trinajstić information content (AvgIpc) is 2.90. The van der Waals surface area contributed by atoms with Crippen LogP contribution in [0.4, 0.5) is 0 Å². The Morgan fingerprint density at radius 1 is 0.947 bits per heavy atom. The summed E-state index contributed by atoms with van der Waals surface area (Å²) in [6, 6.07) is 14.7. The highest BCUT2D eigenvalue weighted by Gasteiger charge is 2.12. The zero-order valence-electron chi connectivity index (χ0n) is 11.3. The molecule has 0 aliphatic heterocycles. The lowest BCUT2D eigenvalue weighted by Crippen LogP contribution is -1.97. The van der Waals surface area contributed by atoms with Crippen LogP contribution >= 0.6 is 0 Å². The van der Waals surface area contributed by atoms with E-state index in [1.165, 1.54) is 16.7 Å². The number of nitrogens with zero attached hydrogens (tertiary/aromatic N) is 3. The maximum atomic E-state index is 4.62. The number of aryl methyl sites for hydroxylation is 2. The summed E-state index contributed by atoms with van der Waals surface area (Å²) in [5.41, 5.74) is 5.74. The van der Waals surface area contributed by atoms with Crippen molar-refractivity contribution in [3.05, 3.63) is 48.0 Å². The van der Waals surface area contributed by atoms with Crippen molar-refractivity contribution in [3.8, 4) is 11.1 Å². The highest BCUT2D eigenvalue weighted by Crippen LogP contribution is 2.30. The van der Waals surface area contributed by atoms with Crippen LogP contribution in [-0.4, -0.2) is 15.0 Å². The fraction of sp³-hybridized carbons (Fsp3) is 0.250. The van der Waals surface area contributed by atoms with Crippen molar-refractivity contribution >= 4 is 11.0 Å². The highest BCUT2D eigenvalue weighted by atomic mass is 15.5. The second-order valence-electron chi connectivity index (χ2n) is 4.58. The van der Waals surface area contributed by atoms with E-state index in [0.29, 0.717) is 0 Å². The predicted molar refractivity (Wildman–Crippen MR) is 78.0 cm³/mol. The zero-order valence-corrected chi connectivity index (χ0v) is 11.3. The molecule has 0 saturated carbocycles. The first-order valence-corrected chi connectivity index (χ1v) is 6.75. The van der Waals surface area contributed by atoms with Crippen LogP contribution in [0.1, 0.15) is 19.4 Å². The van der Waals surface area contributed by atoms with Gasteiger partial charge in [0.1, 0.15) is 11.0 Å². The van der Waals surface area contributed by atoms with Gasteiger partial charge in [-0.05, 0) is 30.5 Å². The van der Waals surface area contributed by atoms with Gasteiger partial charge in [-0.1, -0.05) is 43.3 Å². The highest BCUT2D eigenvalue weighted by molar-refractivity contribution is 5.93. The van der Waals surface area contributed by atoms with Crippen molar-refractivity contribution in [2.75, 3.05) is 0 Å². The summed E-state index contributed by atoms with van der Waals surface area (Å²) >= 11 is 0. The van der Waals surface area contributed by atoms with Crippen LogP contribution in [0.25, 0.3) is 22.2 Å². The smallest absolute Gasteiger partial charge is 0.121 e. The third kappa shape index (κ3) is 2.01. The molecule has 0 fully saturated rings. The number of benzene rings is 2. The van der Waals surface area contributed by atoms with E-state index in [1.807, 2.05) is 6.07 Å². The Morgan fingerprint density at radius 2 is 1.74 bits per heavy atom. The molecule has 1 heterocycles. The van der Waals surface area contributed by atoms with Gasteiger partial charge in [-0.25, -0.2) is 0 Å². The topological polar surface area (TPSA) is 30.7 Å². The second kappa shape index (κ2) is 4.84. The minimum absolute atomic E-state index is 0.796. The molecule has 0 aliphatic rings. The lowest BCUT2D eigenvalue weighted by Gasteiger charge is -2.08. The molecule has 2 aromatic carbocycles. The molecule has 0 radical (unpaired) electrons. The molecular formula is C16H17N3. The van der Waals surface area contributed by atoms with Crippen molar-refractivity contribution in [1.82, 2.24) is 15.0 Å². The van der Waals surface area contributed by atoms with Gasteiger partial charge in [-0.2, -0.15) is 15.0 Å². The van der Waals surface area contributed by atoms with Crippen molar-refractivity contribution in [2.24, 2.45) is 0 Å². The van der Waals surface area contributed by atoms with E-state index >= 15 is 0 Å². The molecule has 0 aliphatic carbocycles. The molecular weight excluding hydrogens is 234 g/mol. The van der Waals surface area contributed by atoms with Crippen LogP contribution in [0.15, 0.2) is 42.5 Å². The van der Waals surface area contributed by atoms with Crippen LogP contribution in [-0.2, 0) is 13.0 Å². The lowest BCUT2D eigenvalue weighted by molar-refractivity contribution is 0.578. The molecule has 0 unspecified atom stereocenters. The van der Waals surface area contributed by atoms with E-state index in [9.17, 15) is 0 Å². The van der Waals surface area contributed by atoms with E-state index in [1.54, 1.807) is 4.80 Å². The van der Waals surface area contributed by atoms with Crippen molar-refractivity contribution in [1.29, 1.82) is 0 Å². The predicted octanol–water partition coefficient (Wildman–Crippen LogP) is 3.68. The van der Waals surface area contributed by atoms with Crippen LogP contribution in [0.5, 0.6) is 0 Å². The van der Waals surface area contributed by atoms with E-state index < -0.39 is 0 Å². The molecule has 0 amide bonds. The summed E-state index contributed by atoms with van der Waals surface area (Å²) in [5, 5.41) is 9.12. The minimum atomic E-state index is 0.796. The fourth-order valence-electron chi connectivity index (χ4n) is 2.43. The first kappa shape index (κ1) is 11.9. The number of hydrogen-bond donors (Lipinski definition) is 0. The molecule has 0 spiro atoms. The first-order valence-electron chi connectivity index (χ1n) is 6.75. The molecule has 3 nitrogen and oxygen atoms in total. The third-order valence-corrected chi connectivity index (χ3v) is 3.41. The molecule has 1 aromatic heterocycles. The molecule has 19 heavy (non-hydrogen) atoms. The van der Waals surface area contributed by atoms with E-state index in [0.717, 1.165) is 24.0 Å². The van der Waals surface area contributed by atoms with Crippen LogP contribution in [0.2, 0.25) is 0 Å². The Bertz CT molecular complexity index is 699. The first-order chi connectivity index (χ1) is 9.33. The van der Waals surface area contributed by atoms with Gasteiger partial charge in [0.25, 0.3) is 0 Å². The van der Waals surface area contributed by atoms with E-state index in [-0.39, 0.29) is 0 Å². The standard InChI is InChI=1S/C16H17N3/c1-3-12-10-11-14-16(18-19(4-2)17-14)15(12)13-8-6-5-7-9-13/h5-11H,3-4H2,1-2H3. The monoisotopic (exact) mass is 251 g/mol. The second-order valence-corrected chi connectivity index (χ2v) is 4.58. The van der Waals surface area contributed by atoms with E-state index in [4.69, 9.17) is 0 Å². The molecule has 0 atom stereocenters. The van der Waals surface area contributed by atoms with Gasteiger partial charge >= 0.3 is 0 Å². The van der Waals surface area contributed by atoms with Gasteiger partial charge < -0.3 is 0 Å². The van der Waals surface area contributed by atoms with Gasteiger partial charge in [0.15, 0.2) is 0 Å². The van der Waals surface area contributed by atoms with Crippen LogP contribution in [0, 0.1) is 0 Å². The maximum Gasteiger partial charge on any atom is 0.121 e. The van der Waals surface area contributed by atoms with Crippen molar-refractivity contribution in [2.45, 2.75) is 26.8 Å². The zero-order chi connectivity index (χ0) is 13.2. The van der Waals surface area contributed by atoms with E-state index in [2.05, 4.69) is 60.4 Å². The largest absolute Gasteiger partial charge is 0.184 e. The lowest BCUT2D eigenvalue weighted by atomic mass is 9.96. The Balaban J connectivity index is 2.33. The summed E-state index contributed by atoms with van der Waals surface area (Å²) in [6.45, 7) is 5.03. The van der Waals surface area contributed by atoms with Crippen LogP contribution in [0.3, 0.4) is 0 Å². The van der Waals surface area contributed by atoms with Crippen molar-refractivity contribution in [3.63, 3.8) is 0 Å². The molecule has 0 saturated heterocycles.